The van der Waals surface area contributed by atoms with Gasteiger partial charge >= 0.3 is 0 Å². The van der Waals surface area contributed by atoms with E-state index in [0.717, 1.165) is 0 Å². The van der Waals surface area contributed by atoms with E-state index in [0.29, 0.717) is 40.6 Å². The number of Topliss-reactive ketones (excluding diaryl/α,β-unsaturated/α-hetero) is 1. The molecule has 0 fully saturated rings. The largest absolute Gasteiger partial charge is 0.454 e. The molecule has 1 aliphatic rings. The normalized spacial score (nSPS) is 11.9. The van der Waals surface area contributed by atoms with Crippen LogP contribution in [0.25, 0.3) is 0 Å². The molecule has 26 heavy (non-hydrogen) atoms. The number of fused-ring (bicyclic) bond motifs is 1. The Hall–Kier alpha value is -2.87. The SMILES string of the molecule is CC(=O)c1cc2c(cc1NC(=O)CCCNC(=O)c1cccs1)OCO2. The average molecular weight is 374 g/mol. The molecule has 3 rings (SSSR count). The lowest BCUT2D eigenvalue weighted by atomic mass is 10.1. The number of carbonyl (C=O) groups excluding carboxylic acids is 3. The Labute approximate surface area is 154 Å². The molecule has 1 aromatic heterocycles. The number of anilines is 1. The highest BCUT2D eigenvalue weighted by atomic mass is 32.1. The summed E-state index contributed by atoms with van der Waals surface area (Å²) >= 11 is 1.37. The maximum Gasteiger partial charge on any atom is 0.261 e. The Morgan fingerprint density at radius 2 is 1.96 bits per heavy atom. The van der Waals surface area contributed by atoms with Gasteiger partial charge in [-0.15, -0.1) is 11.3 Å². The number of ether oxygens (including phenoxy) is 2. The third-order valence-corrected chi connectivity index (χ3v) is 4.65. The zero-order valence-electron chi connectivity index (χ0n) is 14.2. The van der Waals surface area contributed by atoms with Crippen LogP contribution in [-0.2, 0) is 4.79 Å². The summed E-state index contributed by atoms with van der Waals surface area (Å²) in [5, 5.41) is 7.33. The number of hydrogen-bond acceptors (Lipinski definition) is 6. The van der Waals surface area contributed by atoms with Crippen LogP contribution in [-0.4, -0.2) is 30.9 Å². The van der Waals surface area contributed by atoms with E-state index < -0.39 is 0 Å². The number of benzene rings is 1. The minimum atomic E-state index is -0.239. The van der Waals surface area contributed by atoms with Crippen LogP contribution in [0.4, 0.5) is 5.69 Å². The zero-order chi connectivity index (χ0) is 18.5. The van der Waals surface area contributed by atoms with Gasteiger partial charge in [0.2, 0.25) is 12.7 Å². The monoisotopic (exact) mass is 374 g/mol. The van der Waals surface area contributed by atoms with E-state index in [9.17, 15) is 14.4 Å². The van der Waals surface area contributed by atoms with Crippen molar-refractivity contribution in [2.75, 3.05) is 18.7 Å². The highest BCUT2D eigenvalue weighted by Gasteiger charge is 2.20. The number of hydrogen-bond donors (Lipinski definition) is 2. The molecule has 1 aromatic carbocycles. The van der Waals surface area contributed by atoms with Crippen molar-refractivity contribution in [3.63, 3.8) is 0 Å². The molecule has 2 aromatic rings. The topological polar surface area (TPSA) is 93.7 Å². The minimum Gasteiger partial charge on any atom is -0.454 e. The van der Waals surface area contributed by atoms with Crippen molar-refractivity contribution in [1.29, 1.82) is 0 Å². The Bertz CT molecular complexity index is 832. The number of rotatable bonds is 7. The summed E-state index contributed by atoms with van der Waals surface area (Å²) in [5.74, 6) is 0.423. The summed E-state index contributed by atoms with van der Waals surface area (Å²) in [6.07, 6.45) is 0.708. The highest BCUT2D eigenvalue weighted by molar-refractivity contribution is 7.12. The van der Waals surface area contributed by atoms with Crippen molar-refractivity contribution in [3.8, 4) is 11.5 Å². The van der Waals surface area contributed by atoms with Gasteiger partial charge in [-0.3, -0.25) is 14.4 Å². The Morgan fingerprint density at radius 3 is 2.65 bits per heavy atom. The molecule has 2 heterocycles. The quantitative estimate of drug-likeness (QED) is 0.574. The molecule has 0 bridgehead atoms. The van der Waals surface area contributed by atoms with E-state index >= 15 is 0 Å². The molecule has 1 aliphatic heterocycles. The van der Waals surface area contributed by atoms with Crippen molar-refractivity contribution in [3.05, 3.63) is 40.1 Å². The second-order valence-corrected chi connectivity index (χ2v) is 6.64. The molecule has 0 saturated carbocycles. The predicted molar refractivity (Wildman–Crippen MR) is 97.1 cm³/mol. The molecule has 7 nitrogen and oxygen atoms in total. The highest BCUT2D eigenvalue weighted by Crippen LogP contribution is 2.37. The van der Waals surface area contributed by atoms with Crippen molar-refractivity contribution >= 4 is 34.6 Å². The third kappa shape index (κ3) is 4.20. The Kier molecular flexibility index (Phi) is 5.52. The lowest BCUT2D eigenvalue weighted by Gasteiger charge is -2.11. The molecular formula is C18H18N2O5S. The molecule has 0 unspecified atom stereocenters. The summed E-state index contributed by atoms with van der Waals surface area (Å²) in [5.41, 5.74) is 0.767. The van der Waals surface area contributed by atoms with Crippen molar-refractivity contribution in [1.82, 2.24) is 5.32 Å². The molecule has 0 spiro atoms. The first-order valence-electron chi connectivity index (χ1n) is 8.10. The summed E-state index contributed by atoms with van der Waals surface area (Å²) in [4.78, 5) is 36.4. The first kappa shape index (κ1) is 17.9. The Morgan fingerprint density at radius 1 is 1.19 bits per heavy atom. The first-order chi connectivity index (χ1) is 12.5. The van der Waals surface area contributed by atoms with Gasteiger partial charge in [0.15, 0.2) is 17.3 Å². The molecule has 0 atom stereocenters. The number of thiophene rings is 1. The van der Waals surface area contributed by atoms with Crippen LogP contribution >= 0.6 is 11.3 Å². The molecule has 0 aliphatic carbocycles. The molecule has 8 heteroatoms. The fourth-order valence-electron chi connectivity index (χ4n) is 2.50. The van der Waals surface area contributed by atoms with Gasteiger partial charge in [-0.05, 0) is 30.9 Å². The molecule has 136 valence electrons. The van der Waals surface area contributed by atoms with Crippen molar-refractivity contribution < 1.29 is 23.9 Å². The fourth-order valence-corrected chi connectivity index (χ4v) is 3.14. The second-order valence-electron chi connectivity index (χ2n) is 5.69. The third-order valence-electron chi connectivity index (χ3n) is 3.78. The summed E-state index contributed by atoms with van der Waals surface area (Å²) < 4.78 is 10.5. The molecule has 2 N–H and O–H groups in total. The van der Waals surface area contributed by atoms with Gasteiger partial charge in [-0.1, -0.05) is 6.07 Å². The number of ketones is 1. The average Bonchev–Trinajstić information content (AvgIpc) is 3.28. The van der Waals surface area contributed by atoms with E-state index in [1.54, 1.807) is 18.2 Å². The molecule has 0 saturated heterocycles. The maximum atomic E-state index is 12.2. The Balaban J connectivity index is 1.52. The van der Waals surface area contributed by atoms with Crippen LogP contribution in [0, 0.1) is 0 Å². The van der Waals surface area contributed by atoms with Gasteiger partial charge < -0.3 is 20.1 Å². The maximum absolute atomic E-state index is 12.2. The van der Waals surface area contributed by atoms with Gasteiger partial charge in [-0.2, -0.15) is 0 Å². The van der Waals surface area contributed by atoms with Crippen molar-refractivity contribution in [2.45, 2.75) is 19.8 Å². The second kappa shape index (κ2) is 8.01. The standard InChI is InChI=1S/C18H18N2O5S/c1-11(21)12-8-14-15(25-10-24-14)9-13(12)20-17(22)5-2-6-19-18(23)16-4-3-7-26-16/h3-4,7-9H,2,5-6,10H2,1H3,(H,19,23)(H,20,22). The van der Waals surface area contributed by atoms with Crippen LogP contribution < -0.4 is 20.1 Å². The summed E-state index contributed by atoms with van der Waals surface area (Å²) in [7, 11) is 0. The van der Waals surface area contributed by atoms with Gasteiger partial charge in [-0.25, -0.2) is 0 Å². The van der Waals surface area contributed by atoms with Crippen LogP contribution in [0.5, 0.6) is 11.5 Å². The summed E-state index contributed by atoms with van der Waals surface area (Å²) in [6, 6.07) is 6.72. The van der Waals surface area contributed by atoms with E-state index in [4.69, 9.17) is 9.47 Å². The smallest absolute Gasteiger partial charge is 0.261 e. The lowest BCUT2D eigenvalue weighted by molar-refractivity contribution is -0.116. The van der Waals surface area contributed by atoms with Gasteiger partial charge in [0.25, 0.3) is 5.91 Å². The van der Waals surface area contributed by atoms with Crippen LogP contribution in [0.15, 0.2) is 29.6 Å². The summed E-state index contributed by atoms with van der Waals surface area (Å²) in [6.45, 7) is 1.91. The minimum absolute atomic E-state index is 0.0913. The number of amides is 2. The number of nitrogens with one attached hydrogen (secondary N) is 2. The van der Waals surface area contributed by atoms with Crippen molar-refractivity contribution in [2.24, 2.45) is 0 Å². The van der Waals surface area contributed by atoms with E-state index in [1.807, 2.05) is 11.4 Å². The van der Waals surface area contributed by atoms with Gasteiger partial charge in [0, 0.05) is 24.6 Å². The fraction of sp³-hybridized carbons (Fsp3) is 0.278. The van der Waals surface area contributed by atoms with Crippen LogP contribution in [0.3, 0.4) is 0 Å². The molecule has 0 radical (unpaired) electrons. The van der Waals surface area contributed by atoms with E-state index in [-0.39, 0.29) is 30.8 Å². The number of carbonyl (C=O) groups is 3. The van der Waals surface area contributed by atoms with Crippen LogP contribution in [0.2, 0.25) is 0 Å². The van der Waals surface area contributed by atoms with E-state index in [2.05, 4.69) is 10.6 Å². The molecular weight excluding hydrogens is 356 g/mol. The lowest BCUT2D eigenvalue weighted by Crippen LogP contribution is -2.24. The molecule has 2 amide bonds. The first-order valence-corrected chi connectivity index (χ1v) is 8.98. The predicted octanol–water partition coefficient (Wildman–Crippen LogP) is 2.83. The van der Waals surface area contributed by atoms with Gasteiger partial charge in [0.05, 0.1) is 10.6 Å². The zero-order valence-corrected chi connectivity index (χ0v) is 15.0. The van der Waals surface area contributed by atoms with E-state index in [1.165, 1.54) is 18.3 Å². The van der Waals surface area contributed by atoms with Gasteiger partial charge in [0.1, 0.15) is 0 Å². The van der Waals surface area contributed by atoms with Crippen LogP contribution in [0.1, 0.15) is 39.8 Å².